The van der Waals surface area contributed by atoms with Crippen LogP contribution >= 0.6 is 11.8 Å². The molecular formula is C9H9F2NOS. The van der Waals surface area contributed by atoms with Crippen LogP contribution in [-0.4, -0.2) is 17.9 Å². The third-order valence-corrected chi connectivity index (χ3v) is 2.03. The first-order valence-electron chi connectivity index (χ1n) is 3.87. The number of carbonyl (C=O) groups excluding carboxylic acids is 1. The zero-order chi connectivity index (χ0) is 10.6. The fourth-order valence-corrected chi connectivity index (χ4v) is 1.24. The highest BCUT2D eigenvalue weighted by molar-refractivity contribution is 7.99. The Balaban J connectivity index is 2.72. The van der Waals surface area contributed by atoms with Gasteiger partial charge < -0.3 is 5.32 Å². The second kappa shape index (κ2) is 4.95. The Bertz CT molecular complexity index is 344. The lowest BCUT2D eigenvalue weighted by Crippen LogP contribution is -2.14. The molecule has 76 valence electrons. The predicted octanol–water partition coefficient (Wildman–Crippen LogP) is 2.27. The summed E-state index contributed by atoms with van der Waals surface area (Å²) < 4.78 is 25.5. The van der Waals surface area contributed by atoms with Crippen LogP contribution in [-0.2, 0) is 4.79 Å². The monoisotopic (exact) mass is 217 g/mol. The van der Waals surface area contributed by atoms with Gasteiger partial charge in [0.1, 0.15) is 11.6 Å². The molecule has 0 spiro atoms. The van der Waals surface area contributed by atoms with Crippen molar-refractivity contribution in [2.24, 2.45) is 0 Å². The molecule has 0 heterocycles. The van der Waals surface area contributed by atoms with E-state index in [9.17, 15) is 13.6 Å². The summed E-state index contributed by atoms with van der Waals surface area (Å²) in [5.41, 5.74) is 0.00505. The highest BCUT2D eigenvalue weighted by Crippen LogP contribution is 2.14. The van der Waals surface area contributed by atoms with Gasteiger partial charge in [0, 0.05) is 6.07 Å². The van der Waals surface area contributed by atoms with Crippen molar-refractivity contribution in [1.29, 1.82) is 0 Å². The minimum absolute atomic E-state index is 0.00505. The molecule has 0 bridgehead atoms. The summed E-state index contributed by atoms with van der Waals surface area (Å²) in [5.74, 6) is -1.48. The maximum Gasteiger partial charge on any atom is 0.234 e. The van der Waals surface area contributed by atoms with Crippen molar-refractivity contribution in [2.75, 3.05) is 17.3 Å². The molecular weight excluding hydrogens is 208 g/mol. The molecule has 1 aromatic carbocycles. The Labute approximate surface area is 84.7 Å². The van der Waals surface area contributed by atoms with Gasteiger partial charge in [0.05, 0.1) is 11.4 Å². The molecule has 0 unspecified atom stereocenters. The maximum absolute atomic E-state index is 13.0. The molecule has 0 aromatic heterocycles. The molecule has 0 aliphatic heterocycles. The summed E-state index contributed by atoms with van der Waals surface area (Å²) in [6, 6.07) is 3.02. The Morgan fingerprint density at radius 1 is 1.50 bits per heavy atom. The maximum atomic E-state index is 13.0. The van der Waals surface area contributed by atoms with Gasteiger partial charge in [0.25, 0.3) is 0 Å². The topological polar surface area (TPSA) is 29.1 Å². The molecule has 0 aliphatic rings. The summed E-state index contributed by atoms with van der Waals surface area (Å²) in [4.78, 5) is 11.1. The number of thioether (sulfide) groups is 1. The third kappa shape index (κ3) is 2.99. The van der Waals surface area contributed by atoms with Crippen LogP contribution in [0.2, 0.25) is 0 Å². The minimum Gasteiger partial charge on any atom is -0.323 e. The van der Waals surface area contributed by atoms with E-state index in [0.29, 0.717) is 0 Å². The zero-order valence-electron chi connectivity index (χ0n) is 7.51. The number of benzene rings is 1. The van der Waals surface area contributed by atoms with Gasteiger partial charge in [-0.3, -0.25) is 4.79 Å². The van der Waals surface area contributed by atoms with Crippen molar-refractivity contribution >= 4 is 23.4 Å². The summed E-state index contributed by atoms with van der Waals surface area (Å²) in [6.07, 6.45) is 1.76. The van der Waals surface area contributed by atoms with E-state index in [4.69, 9.17) is 0 Å². The molecule has 0 radical (unpaired) electrons. The van der Waals surface area contributed by atoms with Gasteiger partial charge in [-0.05, 0) is 18.4 Å². The lowest BCUT2D eigenvalue weighted by molar-refractivity contribution is -0.113. The van der Waals surface area contributed by atoms with Gasteiger partial charge >= 0.3 is 0 Å². The molecule has 14 heavy (non-hydrogen) atoms. The lowest BCUT2D eigenvalue weighted by Gasteiger charge is -2.04. The second-order valence-corrected chi connectivity index (χ2v) is 3.47. The van der Waals surface area contributed by atoms with Crippen molar-refractivity contribution in [1.82, 2.24) is 0 Å². The first-order chi connectivity index (χ1) is 6.63. The molecule has 0 atom stereocenters. The van der Waals surface area contributed by atoms with E-state index < -0.39 is 11.6 Å². The summed E-state index contributed by atoms with van der Waals surface area (Å²) in [7, 11) is 0. The smallest absolute Gasteiger partial charge is 0.234 e. The summed E-state index contributed by atoms with van der Waals surface area (Å²) in [6.45, 7) is 0. The average Bonchev–Trinajstić information content (AvgIpc) is 2.10. The van der Waals surface area contributed by atoms with Crippen molar-refractivity contribution in [3.05, 3.63) is 29.8 Å². The Hall–Kier alpha value is -1.10. The van der Waals surface area contributed by atoms with Crippen LogP contribution in [0.4, 0.5) is 14.5 Å². The molecule has 5 heteroatoms. The van der Waals surface area contributed by atoms with E-state index in [1.807, 2.05) is 0 Å². The third-order valence-electron chi connectivity index (χ3n) is 1.48. The number of hydrogen-bond acceptors (Lipinski definition) is 2. The van der Waals surface area contributed by atoms with Crippen molar-refractivity contribution in [2.45, 2.75) is 0 Å². The van der Waals surface area contributed by atoms with Crippen molar-refractivity contribution in [3.63, 3.8) is 0 Å². The number of halogens is 2. The fourth-order valence-electron chi connectivity index (χ4n) is 0.908. The number of rotatable bonds is 3. The molecule has 0 saturated carbocycles. The molecule has 0 saturated heterocycles. The van der Waals surface area contributed by atoms with E-state index in [-0.39, 0.29) is 17.3 Å². The van der Waals surface area contributed by atoms with Gasteiger partial charge in [-0.2, -0.15) is 11.8 Å². The number of amides is 1. The molecule has 2 nitrogen and oxygen atoms in total. The molecule has 1 rings (SSSR count). The Kier molecular flexibility index (Phi) is 3.88. The second-order valence-electron chi connectivity index (χ2n) is 2.61. The SMILES string of the molecule is CSCC(=O)Nc1ccc(F)cc1F. The molecule has 1 aromatic rings. The first-order valence-corrected chi connectivity index (χ1v) is 5.26. The van der Waals surface area contributed by atoms with E-state index in [2.05, 4.69) is 5.32 Å². The van der Waals surface area contributed by atoms with Gasteiger partial charge in [-0.1, -0.05) is 0 Å². The van der Waals surface area contributed by atoms with Crippen LogP contribution in [0.1, 0.15) is 0 Å². The summed E-state index contributed by atoms with van der Waals surface area (Å²) in [5, 5.41) is 2.34. The van der Waals surface area contributed by atoms with E-state index in [0.717, 1.165) is 12.1 Å². The quantitative estimate of drug-likeness (QED) is 0.841. The zero-order valence-corrected chi connectivity index (χ0v) is 8.33. The average molecular weight is 217 g/mol. The number of anilines is 1. The van der Waals surface area contributed by atoms with Crippen molar-refractivity contribution in [3.8, 4) is 0 Å². The number of carbonyl (C=O) groups is 1. The van der Waals surface area contributed by atoms with Gasteiger partial charge in [-0.15, -0.1) is 0 Å². The highest BCUT2D eigenvalue weighted by atomic mass is 32.2. The predicted molar refractivity (Wildman–Crippen MR) is 53.4 cm³/mol. The standard InChI is InChI=1S/C9H9F2NOS/c1-14-5-9(13)12-8-3-2-6(10)4-7(8)11/h2-4H,5H2,1H3,(H,12,13). The van der Waals surface area contributed by atoms with E-state index in [1.165, 1.54) is 17.8 Å². The van der Waals surface area contributed by atoms with Crippen LogP contribution < -0.4 is 5.32 Å². The van der Waals surface area contributed by atoms with E-state index >= 15 is 0 Å². The fraction of sp³-hybridized carbons (Fsp3) is 0.222. The molecule has 0 aliphatic carbocycles. The van der Waals surface area contributed by atoms with Crippen LogP contribution in [0.5, 0.6) is 0 Å². The van der Waals surface area contributed by atoms with Crippen LogP contribution in [0.15, 0.2) is 18.2 Å². The normalized spacial score (nSPS) is 9.93. The van der Waals surface area contributed by atoms with Gasteiger partial charge in [0.2, 0.25) is 5.91 Å². The van der Waals surface area contributed by atoms with Gasteiger partial charge in [0.15, 0.2) is 0 Å². The Morgan fingerprint density at radius 2 is 2.21 bits per heavy atom. The molecule has 1 N–H and O–H groups in total. The van der Waals surface area contributed by atoms with Crippen LogP contribution in [0.25, 0.3) is 0 Å². The molecule has 0 fully saturated rings. The lowest BCUT2D eigenvalue weighted by atomic mass is 10.3. The van der Waals surface area contributed by atoms with E-state index in [1.54, 1.807) is 6.26 Å². The van der Waals surface area contributed by atoms with Crippen LogP contribution in [0.3, 0.4) is 0 Å². The number of nitrogens with one attached hydrogen (secondary N) is 1. The van der Waals surface area contributed by atoms with Gasteiger partial charge in [-0.25, -0.2) is 8.78 Å². The van der Waals surface area contributed by atoms with Crippen molar-refractivity contribution < 1.29 is 13.6 Å². The summed E-state index contributed by atoms with van der Waals surface area (Å²) >= 11 is 1.33. The highest BCUT2D eigenvalue weighted by Gasteiger charge is 2.06. The Morgan fingerprint density at radius 3 is 2.79 bits per heavy atom. The molecule has 1 amide bonds. The largest absolute Gasteiger partial charge is 0.323 e. The van der Waals surface area contributed by atoms with Crippen LogP contribution in [0, 0.1) is 11.6 Å². The number of hydrogen-bond donors (Lipinski definition) is 1. The first kappa shape index (κ1) is 11.0. The minimum atomic E-state index is -0.764.